The van der Waals surface area contributed by atoms with E-state index in [4.69, 9.17) is 0 Å². The molecule has 0 saturated carbocycles. The largest absolute Gasteiger partial charge is 0.312 e. The maximum absolute atomic E-state index is 3.65. The zero-order chi connectivity index (χ0) is 8.10. The molecule has 0 aromatic carbocycles. The van der Waals surface area contributed by atoms with Crippen LogP contribution in [0, 0.1) is 0 Å². The van der Waals surface area contributed by atoms with Crippen molar-refractivity contribution in [2.24, 2.45) is 0 Å². The van der Waals surface area contributed by atoms with Crippen molar-refractivity contribution in [3.63, 3.8) is 0 Å². The third-order valence-corrected chi connectivity index (χ3v) is 2.62. The van der Waals surface area contributed by atoms with Crippen LogP contribution in [0.3, 0.4) is 0 Å². The summed E-state index contributed by atoms with van der Waals surface area (Å²) in [6.45, 7) is 4.57. The highest BCUT2D eigenvalue weighted by molar-refractivity contribution is 4.77. The van der Waals surface area contributed by atoms with Gasteiger partial charge in [0.15, 0.2) is 0 Å². The summed E-state index contributed by atoms with van der Waals surface area (Å²) in [5.41, 5.74) is 0. The molecule has 1 fully saturated rings. The third kappa shape index (κ3) is 3.24. The molecule has 0 aromatic heterocycles. The van der Waals surface area contributed by atoms with Gasteiger partial charge in [-0.25, -0.2) is 0 Å². The van der Waals surface area contributed by atoms with E-state index in [1.165, 1.54) is 38.5 Å². The van der Waals surface area contributed by atoms with E-state index in [1.54, 1.807) is 0 Å². The first-order valence-electron chi connectivity index (χ1n) is 5.09. The van der Waals surface area contributed by atoms with E-state index in [0.717, 1.165) is 12.1 Å². The van der Waals surface area contributed by atoms with Gasteiger partial charge in [0.2, 0.25) is 0 Å². The van der Waals surface area contributed by atoms with E-state index < -0.39 is 0 Å². The zero-order valence-corrected chi connectivity index (χ0v) is 7.90. The van der Waals surface area contributed by atoms with Gasteiger partial charge in [0.05, 0.1) is 0 Å². The van der Waals surface area contributed by atoms with Crippen molar-refractivity contribution in [3.8, 4) is 0 Å². The Morgan fingerprint density at radius 3 is 2.82 bits per heavy atom. The average molecular weight is 155 g/mol. The molecule has 1 saturated heterocycles. The SMILES string of the molecule is CCCC[C@H]1CCC[C@H](C)N1. The molecule has 0 radical (unpaired) electrons. The lowest BCUT2D eigenvalue weighted by molar-refractivity contribution is 0.317. The molecular weight excluding hydrogens is 134 g/mol. The van der Waals surface area contributed by atoms with Gasteiger partial charge < -0.3 is 5.32 Å². The van der Waals surface area contributed by atoms with Crippen LogP contribution in [-0.2, 0) is 0 Å². The summed E-state index contributed by atoms with van der Waals surface area (Å²) < 4.78 is 0. The summed E-state index contributed by atoms with van der Waals surface area (Å²) in [5.74, 6) is 0. The van der Waals surface area contributed by atoms with Gasteiger partial charge in [-0.1, -0.05) is 26.2 Å². The molecule has 0 unspecified atom stereocenters. The highest BCUT2D eigenvalue weighted by Crippen LogP contribution is 2.16. The number of piperidine rings is 1. The van der Waals surface area contributed by atoms with Crippen LogP contribution in [0.1, 0.15) is 52.4 Å². The maximum Gasteiger partial charge on any atom is 0.00695 e. The minimum Gasteiger partial charge on any atom is -0.312 e. The summed E-state index contributed by atoms with van der Waals surface area (Å²) >= 11 is 0. The van der Waals surface area contributed by atoms with E-state index in [1.807, 2.05) is 0 Å². The molecule has 1 N–H and O–H groups in total. The number of unbranched alkanes of at least 4 members (excludes halogenated alkanes) is 1. The smallest absolute Gasteiger partial charge is 0.00695 e. The van der Waals surface area contributed by atoms with Crippen molar-refractivity contribution in [2.75, 3.05) is 0 Å². The van der Waals surface area contributed by atoms with Crippen LogP contribution in [0.5, 0.6) is 0 Å². The molecule has 0 aliphatic carbocycles. The van der Waals surface area contributed by atoms with Gasteiger partial charge >= 0.3 is 0 Å². The van der Waals surface area contributed by atoms with Crippen molar-refractivity contribution in [2.45, 2.75) is 64.5 Å². The molecule has 0 spiro atoms. The van der Waals surface area contributed by atoms with Crippen molar-refractivity contribution in [3.05, 3.63) is 0 Å². The third-order valence-electron chi connectivity index (χ3n) is 2.62. The lowest BCUT2D eigenvalue weighted by Crippen LogP contribution is -2.40. The predicted molar refractivity (Wildman–Crippen MR) is 49.8 cm³/mol. The lowest BCUT2D eigenvalue weighted by atomic mass is 9.96. The summed E-state index contributed by atoms with van der Waals surface area (Å²) in [5, 5.41) is 3.65. The number of hydrogen-bond donors (Lipinski definition) is 1. The van der Waals surface area contributed by atoms with Crippen LogP contribution in [0.4, 0.5) is 0 Å². The Morgan fingerprint density at radius 2 is 2.18 bits per heavy atom. The van der Waals surface area contributed by atoms with Crippen molar-refractivity contribution in [1.82, 2.24) is 5.32 Å². The second-order valence-corrected chi connectivity index (χ2v) is 3.84. The van der Waals surface area contributed by atoms with E-state index in [0.29, 0.717) is 0 Å². The van der Waals surface area contributed by atoms with Gasteiger partial charge in [-0.15, -0.1) is 0 Å². The van der Waals surface area contributed by atoms with Gasteiger partial charge in [-0.05, 0) is 26.2 Å². The first-order valence-corrected chi connectivity index (χ1v) is 5.09. The molecule has 0 bridgehead atoms. The molecule has 66 valence electrons. The summed E-state index contributed by atoms with van der Waals surface area (Å²) in [4.78, 5) is 0. The molecule has 1 rings (SSSR count). The number of nitrogens with one attached hydrogen (secondary N) is 1. The minimum atomic E-state index is 0.769. The molecule has 11 heavy (non-hydrogen) atoms. The second-order valence-electron chi connectivity index (χ2n) is 3.84. The number of rotatable bonds is 3. The Labute approximate surface area is 70.6 Å². The Hall–Kier alpha value is -0.0400. The van der Waals surface area contributed by atoms with Crippen LogP contribution in [0.2, 0.25) is 0 Å². The van der Waals surface area contributed by atoms with Crippen LogP contribution in [-0.4, -0.2) is 12.1 Å². The normalized spacial score (nSPS) is 32.2. The van der Waals surface area contributed by atoms with Crippen LogP contribution >= 0.6 is 0 Å². The second kappa shape index (κ2) is 4.76. The van der Waals surface area contributed by atoms with Gasteiger partial charge in [0.25, 0.3) is 0 Å². The van der Waals surface area contributed by atoms with Crippen molar-refractivity contribution >= 4 is 0 Å². The van der Waals surface area contributed by atoms with E-state index >= 15 is 0 Å². The van der Waals surface area contributed by atoms with E-state index in [-0.39, 0.29) is 0 Å². The molecule has 1 heterocycles. The van der Waals surface area contributed by atoms with Gasteiger partial charge in [-0.3, -0.25) is 0 Å². The standard InChI is InChI=1S/C10H21N/c1-3-4-7-10-8-5-6-9(2)11-10/h9-11H,3-8H2,1-2H3/t9-,10-/m0/s1. The highest BCUT2D eigenvalue weighted by atomic mass is 15.0. The molecule has 2 atom stereocenters. The molecule has 0 aromatic rings. The average Bonchev–Trinajstić information content (AvgIpc) is 2.01. The Kier molecular flexibility index (Phi) is 3.92. The Bertz CT molecular complexity index is 101. The van der Waals surface area contributed by atoms with Gasteiger partial charge in [0, 0.05) is 12.1 Å². The lowest BCUT2D eigenvalue weighted by Gasteiger charge is -2.28. The molecule has 0 amide bonds. The van der Waals surface area contributed by atoms with Crippen LogP contribution in [0.25, 0.3) is 0 Å². The summed E-state index contributed by atoms with van der Waals surface area (Å²) in [6, 6.07) is 1.60. The van der Waals surface area contributed by atoms with Crippen LogP contribution < -0.4 is 5.32 Å². The highest BCUT2D eigenvalue weighted by Gasteiger charge is 2.16. The zero-order valence-electron chi connectivity index (χ0n) is 7.90. The minimum absolute atomic E-state index is 0.769. The maximum atomic E-state index is 3.65. The van der Waals surface area contributed by atoms with E-state index in [2.05, 4.69) is 19.2 Å². The van der Waals surface area contributed by atoms with Crippen LogP contribution in [0.15, 0.2) is 0 Å². The van der Waals surface area contributed by atoms with E-state index in [9.17, 15) is 0 Å². The predicted octanol–water partition coefficient (Wildman–Crippen LogP) is 2.71. The summed E-state index contributed by atoms with van der Waals surface area (Å²) in [6.07, 6.45) is 8.34. The Morgan fingerprint density at radius 1 is 1.36 bits per heavy atom. The first kappa shape index (κ1) is 9.05. The quantitative estimate of drug-likeness (QED) is 0.660. The summed E-state index contributed by atoms with van der Waals surface area (Å²) in [7, 11) is 0. The fourth-order valence-electron chi connectivity index (χ4n) is 1.92. The number of hydrogen-bond acceptors (Lipinski definition) is 1. The fourth-order valence-corrected chi connectivity index (χ4v) is 1.92. The van der Waals surface area contributed by atoms with Gasteiger partial charge in [-0.2, -0.15) is 0 Å². The fraction of sp³-hybridized carbons (Fsp3) is 1.00. The van der Waals surface area contributed by atoms with Crippen molar-refractivity contribution < 1.29 is 0 Å². The molecule has 1 aliphatic rings. The monoisotopic (exact) mass is 155 g/mol. The Balaban J connectivity index is 2.12. The molecular formula is C10H21N. The topological polar surface area (TPSA) is 12.0 Å². The van der Waals surface area contributed by atoms with Gasteiger partial charge in [0.1, 0.15) is 0 Å². The first-order chi connectivity index (χ1) is 5.33. The molecule has 1 aliphatic heterocycles. The molecule has 1 nitrogen and oxygen atoms in total. The molecule has 1 heteroatoms. The van der Waals surface area contributed by atoms with Crippen molar-refractivity contribution in [1.29, 1.82) is 0 Å².